The van der Waals surface area contributed by atoms with Crippen LogP contribution >= 0.6 is 0 Å². The number of hydrogen-bond acceptors (Lipinski definition) is 3. The number of benzene rings is 1. The molecule has 0 saturated carbocycles. The number of aryl methyl sites for hydroxylation is 1. The van der Waals surface area contributed by atoms with Crippen molar-refractivity contribution in [3.05, 3.63) is 35.6 Å². The summed E-state index contributed by atoms with van der Waals surface area (Å²) >= 11 is 0. The summed E-state index contributed by atoms with van der Waals surface area (Å²) in [5, 5.41) is 2.39. The molecule has 0 aliphatic heterocycles. The van der Waals surface area contributed by atoms with Crippen molar-refractivity contribution in [1.82, 2.24) is 16.2 Å². The van der Waals surface area contributed by atoms with E-state index in [9.17, 15) is 18.8 Å². The van der Waals surface area contributed by atoms with Crippen LogP contribution in [0.2, 0.25) is 0 Å². The first-order chi connectivity index (χ1) is 9.88. The Labute approximate surface area is 122 Å². The summed E-state index contributed by atoms with van der Waals surface area (Å²) in [6, 6.07) is 5.61. The fourth-order valence-corrected chi connectivity index (χ4v) is 1.48. The van der Waals surface area contributed by atoms with E-state index in [4.69, 9.17) is 0 Å². The van der Waals surface area contributed by atoms with Crippen LogP contribution in [0.3, 0.4) is 0 Å². The van der Waals surface area contributed by atoms with Crippen molar-refractivity contribution in [1.29, 1.82) is 0 Å². The molecule has 0 heterocycles. The predicted octanol–water partition coefficient (Wildman–Crippen LogP) is 0.430. The Morgan fingerprint density at radius 1 is 1.05 bits per heavy atom. The van der Waals surface area contributed by atoms with Crippen LogP contribution in [0, 0.1) is 5.82 Å². The average Bonchev–Trinajstić information content (AvgIpc) is 2.43. The normalized spacial score (nSPS) is 10.1. The molecule has 0 unspecified atom stereocenters. The zero-order valence-corrected chi connectivity index (χ0v) is 11.9. The molecule has 1 aromatic carbocycles. The molecule has 0 aliphatic rings. The van der Waals surface area contributed by atoms with Gasteiger partial charge in [0.25, 0.3) is 0 Å². The summed E-state index contributed by atoms with van der Waals surface area (Å²) in [6.45, 7) is 3.43. The molecule has 0 fully saturated rings. The van der Waals surface area contributed by atoms with E-state index in [0.29, 0.717) is 6.42 Å². The Hall–Kier alpha value is -2.44. The number of rotatable bonds is 4. The van der Waals surface area contributed by atoms with Gasteiger partial charge in [-0.1, -0.05) is 12.1 Å². The highest BCUT2D eigenvalue weighted by atomic mass is 19.1. The monoisotopic (exact) mass is 295 g/mol. The molecule has 114 valence electrons. The molecule has 1 rings (SSSR count). The highest BCUT2D eigenvalue weighted by Gasteiger charge is 2.14. The lowest BCUT2D eigenvalue weighted by atomic mass is 10.1. The fraction of sp³-hybridized carbons (Fsp3) is 0.357. The van der Waals surface area contributed by atoms with Gasteiger partial charge in [0.2, 0.25) is 5.91 Å². The molecule has 6 nitrogen and oxygen atoms in total. The van der Waals surface area contributed by atoms with Crippen LogP contribution in [0.15, 0.2) is 24.3 Å². The summed E-state index contributed by atoms with van der Waals surface area (Å²) in [4.78, 5) is 34.1. The van der Waals surface area contributed by atoms with E-state index in [-0.39, 0.29) is 18.3 Å². The van der Waals surface area contributed by atoms with Crippen LogP contribution in [-0.2, 0) is 20.8 Å². The molecule has 1 aromatic rings. The van der Waals surface area contributed by atoms with E-state index >= 15 is 0 Å². The number of hydrogen-bond donors (Lipinski definition) is 3. The van der Waals surface area contributed by atoms with Crippen molar-refractivity contribution in [2.24, 2.45) is 0 Å². The molecular weight excluding hydrogens is 277 g/mol. The minimum Gasteiger partial charge on any atom is -0.346 e. The zero-order chi connectivity index (χ0) is 15.8. The number of hydrazine groups is 1. The molecule has 0 bridgehead atoms. The Balaban J connectivity index is 2.29. The van der Waals surface area contributed by atoms with Gasteiger partial charge in [-0.25, -0.2) is 4.39 Å². The highest BCUT2D eigenvalue weighted by Crippen LogP contribution is 2.05. The van der Waals surface area contributed by atoms with Gasteiger partial charge in [0.15, 0.2) is 0 Å². The first-order valence-electron chi connectivity index (χ1n) is 6.52. The molecule has 0 spiro atoms. The van der Waals surface area contributed by atoms with Gasteiger partial charge < -0.3 is 5.32 Å². The lowest BCUT2D eigenvalue weighted by Gasteiger charge is -2.09. The third kappa shape index (κ3) is 6.51. The van der Waals surface area contributed by atoms with E-state index in [2.05, 4.69) is 10.7 Å². The van der Waals surface area contributed by atoms with E-state index in [1.54, 1.807) is 26.0 Å². The fourth-order valence-electron chi connectivity index (χ4n) is 1.48. The van der Waals surface area contributed by atoms with Crippen LogP contribution in [0.4, 0.5) is 4.39 Å². The number of halogens is 1. The topological polar surface area (TPSA) is 87.3 Å². The van der Waals surface area contributed by atoms with Crippen molar-refractivity contribution >= 4 is 17.7 Å². The van der Waals surface area contributed by atoms with Crippen LogP contribution in [0.5, 0.6) is 0 Å². The average molecular weight is 295 g/mol. The van der Waals surface area contributed by atoms with Crippen LogP contribution in [0.1, 0.15) is 25.8 Å². The summed E-state index contributed by atoms with van der Waals surface area (Å²) in [5.41, 5.74) is 4.97. The van der Waals surface area contributed by atoms with Crippen molar-refractivity contribution in [3.63, 3.8) is 0 Å². The lowest BCUT2D eigenvalue weighted by Crippen LogP contribution is -2.49. The Kier molecular flexibility index (Phi) is 6.32. The Morgan fingerprint density at radius 2 is 1.67 bits per heavy atom. The maximum atomic E-state index is 12.7. The van der Waals surface area contributed by atoms with Gasteiger partial charge in [-0.2, -0.15) is 0 Å². The first-order valence-corrected chi connectivity index (χ1v) is 6.52. The summed E-state index contributed by atoms with van der Waals surface area (Å²) in [7, 11) is 0. The molecule has 0 aromatic heterocycles. The zero-order valence-electron chi connectivity index (χ0n) is 11.9. The minimum absolute atomic E-state index is 0.109. The second kappa shape index (κ2) is 7.98. The maximum Gasteiger partial charge on any atom is 0.327 e. The third-order valence-corrected chi connectivity index (χ3v) is 2.50. The lowest BCUT2D eigenvalue weighted by molar-refractivity contribution is -0.141. The van der Waals surface area contributed by atoms with Crippen LogP contribution < -0.4 is 16.2 Å². The minimum atomic E-state index is -0.932. The molecule has 0 atom stereocenters. The number of amides is 3. The number of carbonyl (C=O) groups excluding carboxylic acids is 3. The van der Waals surface area contributed by atoms with Gasteiger partial charge in [-0.05, 0) is 38.0 Å². The number of carbonyl (C=O) groups is 3. The largest absolute Gasteiger partial charge is 0.346 e. The van der Waals surface area contributed by atoms with Gasteiger partial charge in [0, 0.05) is 12.5 Å². The molecule has 3 N–H and O–H groups in total. The second-order valence-electron chi connectivity index (χ2n) is 4.76. The molecule has 0 radical (unpaired) electrons. The van der Waals surface area contributed by atoms with Crippen molar-refractivity contribution in [2.75, 3.05) is 0 Å². The molecule has 0 aliphatic carbocycles. The van der Waals surface area contributed by atoms with Gasteiger partial charge in [-0.15, -0.1) is 0 Å². The van der Waals surface area contributed by atoms with E-state index < -0.39 is 17.7 Å². The number of nitrogens with one attached hydrogen (secondary N) is 3. The summed E-state index contributed by atoms with van der Waals surface area (Å²) in [5.74, 6) is -2.53. The SMILES string of the molecule is CC(C)NC(=O)C(=O)NNC(=O)CCc1ccc(F)cc1. The Bertz CT molecular complexity index is 515. The maximum absolute atomic E-state index is 12.7. The van der Waals surface area contributed by atoms with Gasteiger partial charge >= 0.3 is 11.8 Å². The van der Waals surface area contributed by atoms with Crippen LogP contribution in [-0.4, -0.2) is 23.8 Å². The van der Waals surface area contributed by atoms with E-state index in [1.165, 1.54) is 12.1 Å². The molecule has 0 saturated heterocycles. The van der Waals surface area contributed by atoms with Gasteiger partial charge in [0.05, 0.1) is 0 Å². The second-order valence-corrected chi connectivity index (χ2v) is 4.76. The van der Waals surface area contributed by atoms with Crippen molar-refractivity contribution in [2.45, 2.75) is 32.7 Å². The molecule has 21 heavy (non-hydrogen) atoms. The van der Waals surface area contributed by atoms with Gasteiger partial charge in [0.1, 0.15) is 5.82 Å². The van der Waals surface area contributed by atoms with Crippen molar-refractivity contribution in [3.8, 4) is 0 Å². The Morgan fingerprint density at radius 3 is 2.24 bits per heavy atom. The first kappa shape index (κ1) is 16.6. The molecular formula is C14H18FN3O3. The standard InChI is InChI=1S/C14H18FN3O3/c1-9(2)16-13(20)14(21)18-17-12(19)8-5-10-3-6-11(15)7-4-10/h3-4,6-7,9H,5,8H2,1-2H3,(H,16,20)(H,17,19)(H,18,21). The quantitative estimate of drug-likeness (QED) is 0.556. The van der Waals surface area contributed by atoms with E-state index in [0.717, 1.165) is 5.56 Å². The highest BCUT2D eigenvalue weighted by molar-refractivity contribution is 6.35. The van der Waals surface area contributed by atoms with Gasteiger partial charge in [-0.3, -0.25) is 25.2 Å². The predicted molar refractivity (Wildman–Crippen MR) is 74.3 cm³/mol. The smallest absolute Gasteiger partial charge is 0.327 e. The molecule has 7 heteroatoms. The summed E-state index contributed by atoms with van der Waals surface area (Å²) < 4.78 is 12.7. The van der Waals surface area contributed by atoms with Crippen molar-refractivity contribution < 1.29 is 18.8 Å². The molecule has 3 amide bonds. The third-order valence-electron chi connectivity index (χ3n) is 2.50. The van der Waals surface area contributed by atoms with E-state index in [1.807, 2.05) is 5.43 Å². The summed E-state index contributed by atoms with van der Waals surface area (Å²) in [6.07, 6.45) is 0.512. The van der Waals surface area contributed by atoms with Crippen LogP contribution in [0.25, 0.3) is 0 Å².